The van der Waals surface area contributed by atoms with Gasteiger partial charge in [0.05, 0.1) is 6.04 Å². The Morgan fingerprint density at radius 3 is 2.50 bits per heavy atom. The van der Waals surface area contributed by atoms with Crippen LogP contribution < -0.4 is 15.5 Å². The number of halogens is 1. The van der Waals surface area contributed by atoms with Gasteiger partial charge in [-0.05, 0) is 79.9 Å². The quantitative estimate of drug-likeness (QED) is 0.603. The topological polar surface area (TPSA) is 27.3 Å². The van der Waals surface area contributed by atoms with Crippen LogP contribution in [0.3, 0.4) is 0 Å². The van der Waals surface area contributed by atoms with Crippen LogP contribution in [0.15, 0.2) is 53.0 Å². The number of nitrogens with zero attached hydrogens (tertiary/aromatic N) is 1. The van der Waals surface area contributed by atoms with E-state index in [0.29, 0.717) is 5.11 Å². The summed E-state index contributed by atoms with van der Waals surface area (Å²) in [6, 6.07) is 17.0. The van der Waals surface area contributed by atoms with Crippen LogP contribution in [-0.2, 0) is 0 Å². The third-order valence-electron chi connectivity index (χ3n) is 4.86. The summed E-state index contributed by atoms with van der Waals surface area (Å²) in [6.07, 6.45) is 2.63. The number of rotatable bonds is 4. The van der Waals surface area contributed by atoms with Crippen molar-refractivity contribution in [2.24, 2.45) is 5.92 Å². The molecule has 5 heteroatoms. The van der Waals surface area contributed by atoms with Crippen LogP contribution in [0.1, 0.15) is 38.3 Å². The van der Waals surface area contributed by atoms with Crippen molar-refractivity contribution in [2.45, 2.75) is 32.7 Å². The molecule has 0 radical (unpaired) electrons. The first kappa shape index (κ1) is 19.2. The Bertz CT molecular complexity index is 730. The largest absolute Gasteiger partial charge is 0.371 e. The lowest BCUT2D eigenvalue weighted by molar-refractivity contribution is 0.447. The van der Waals surface area contributed by atoms with Gasteiger partial charge in [-0.3, -0.25) is 0 Å². The van der Waals surface area contributed by atoms with E-state index in [-0.39, 0.29) is 6.04 Å². The van der Waals surface area contributed by atoms with Crippen LogP contribution in [0.2, 0.25) is 0 Å². The number of anilines is 2. The zero-order chi connectivity index (χ0) is 18.5. The van der Waals surface area contributed by atoms with E-state index in [2.05, 4.69) is 69.6 Å². The molecule has 2 N–H and O–H groups in total. The molecule has 1 saturated heterocycles. The van der Waals surface area contributed by atoms with Crippen LogP contribution in [-0.4, -0.2) is 18.2 Å². The molecule has 0 amide bonds. The maximum Gasteiger partial charge on any atom is 0.171 e. The monoisotopic (exact) mass is 431 g/mol. The molecule has 1 aliphatic rings. The minimum absolute atomic E-state index is 0.153. The van der Waals surface area contributed by atoms with Gasteiger partial charge in [0.2, 0.25) is 0 Å². The third-order valence-corrected chi connectivity index (χ3v) is 5.61. The highest BCUT2D eigenvalue weighted by atomic mass is 79.9. The Morgan fingerprint density at radius 2 is 1.85 bits per heavy atom. The fourth-order valence-electron chi connectivity index (χ4n) is 3.38. The molecule has 1 fully saturated rings. The summed E-state index contributed by atoms with van der Waals surface area (Å²) in [6.45, 7) is 6.80. The molecular weight excluding hydrogens is 406 g/mol. The number of nitrogens with one attached hydrogen (secondary N) is 2. The van der Waals surface area contributed by atoms with Crippen LogP contribution in [0.25, 0.3) is 0 Å². The number of piperidine rings is 1. The second-order valence-electron chi connectivity index (χ2n) is 7.11. The number of hydrogen-bond donors (Lipinski definition) is 2. The Kier molecular flexibility index (Phi) is 6.54. The third kappa shape index (κ3) is 5.21. The van der Waals surface area contributed by atoms with E-state index in [0.717, 1.165) is 22.6 Å². The highest BCUT2D eigenvalue weighted by molar-refractivity contribution is 9.10. The molecular formula is C21H26BrN3S. The fraction of sp³-hybridized carbons (Fsp3) is 0.381. The molecule has 3 rings (SSSR count). The summed E-state index contributed by atoms with van der Waals surface area (Å²) in [5.41, 5.74) is 3.54. The SMILES string of the molecule is C[C@H]1CCCN(c2ccc([C@@H](C)NC(=S)Nc3ccc(Br)cc3)cc2)C1. The van der Waals surface area contributed by atoms with Crippen molar-refractivity contribution in [2.75, 3.05) is 23.3 Å². The fourth-order valence-corrected chi connectivity index (χ4v) is 3.94. The number of hydrogen-bond acceptors (Lipinski definition) is 2. The molecule has 1 heterocycles. The van der Waals surface area contributed by atoms with Gasteiger partial charge in [-0.15, -0.1) is 0 Å². The first-order valence-corrected chi connectivity index (χ1v) is 10.4. The highest BCUT2D eigenvalue weighted by Gasteiger charge is 2.17. The maximum atomic E-state index is 5.44. The molecule has 0 saturated carbocycles. The molecule has 2 aromatic carbocycles. The highest BCUT2D eigenvalue weighted by Crippen LogP contribution is 2.24. The normalized spacial score (nSPS) is 18.3. The van der Waals surface area contributed by atoms with Crippen molar-refractivity contribution in [3.63, 3.8) is 0 Å². The first-order valence-electron chi connectivity index (χ1n) is 9.19. The van der Waals surface area contributed by atoms with Gasteiger partial charge < -0.3 is 15.5 Å². The zero-order valence-corrected chi connectivity index (χ0v) is 17.7. The Morgan fingerprint density at radius 1 is 1.15 bits per heavy atom. The lowest BCUT2D eigenvalue weighted by Gasteiger charge is -2.33. The Hall–Kier alpha value is -1.59. The lowest BCUT2D eigenvalue weighted by atomic mass is 9.99. The van der Waals surface area contributed by atoms with Crippen LogP contribution >= 0.6 is 28.1 Å². The average molecular weight is 432 g/mol. The molecule has 1 aliphatic heterocycles. The van der Waals surface area contributed by atoms with E-state index in [4.69, 9.17) is 12.2 Å². The minimum atomic E-state index is 0.153. The molecule has 26 heavy (non-hydrogen) atoms. The van der Waals surface area contributed by atoms with Gasteiger partial charge in [-0.25, -0.2) is 0 Å². The predicted octanol–water partition coefficient (Wildman–Crippen LogP) is 5.73. The summed E-state index contributed by atoms with van der Waals surface area (Å²) in [5.74, 6) is 0.783. The van der Waals surface area contributed by atoms with E-state index in [9.17, 15) is 0 Å². The van der Waals surface area contributed by atoms with Crippen molar-refractivity contribution < 1.29 is 0 Å². The number of benzene rings is 2. The van der Waals surface area contributed by atoms with Gasteiger partial charge in [0.15, 0.2) is 5.11 Å². The summed E-state index contributed by atoms with van der Waals surface area (Å²) >= 11 is 8.88. The molecule has 3 nitrogen and oxygen atoms in total. The van der Waals surface area contributed by atoms with Crippen molar-refractivity contribution in [3.8, 4) is 0 Å². The van der Waals surface area contributed by atoms with Crippen LogP contribution in [0, 0.1) is 5.92 Å². The van der Waals surface area contributed by atoms with E-state index in [1.165, 1.54) is 30.6 Å². The smallest absolute Gasteiger partial charge is 0.171 e. The van der Waals surface area contributed by atoms with E-state index in [1.54, 1.807) is 0 Å². The van der Waals surface area contributed by atoms with Crippen LogP contribution in [0.5, 0.6) is 0 Å². The summed E-state index contributed by atoms with van der Waals surface area (Å²) in [7, 11) is 0. The second kappa shape index (κ2) is 8.87. The van der Waals surface area contributed by atoms with Gasteiger partial charge in [0.1, 0.15) is 0 Å². The van der Waals surface area contributed by atoms with E-state index >= 15 is 0 Å². The molecule has 0 spiro atoms. The molecule has 2 atom stereocenters. The molecule has 0 bridgehead atoms. The van der Waals surface area contributed by atoms with Gasteiger partial charge >= 0.3 is 0 Å². The van der Waals surface area contributed by atoms with E-state index < -0.39 is 0 Å². The molecule has 0 aliphatic carbocycles. The molecule has 2 aromatic rings. The van der Waals surface area contributed by atoms with Crippen molar-refractivity contribution >= 4 is 44.6 Å². The summed E-state index contributed by atoms with van der Waals surface area (Å²) in [4.78, 5) is 2.50. The van der Waals surface area contributed by atoms with Gasteiger partial charge in [-0.2, -0.15) is 0 Å². The molecule has 0 unspecified atom stereocenters. The van der Waals surface area contributed by atoms with Crippen molar-refractivity contribution in [3.05, 3.63) is 58.6 Å². The van der Waals surface area contributed by atoms with Gasteiger partial charge in [0.25, 0.3) is 0 Å². The average Bonchev–Trinajstić information content (AvgIpc) is 2.64. The molecule has 138 valence electrons. The summed E-state index contributed by atoms with van der Waals surface area (Å²) < 4.78 is 1.05. The minimum Gasteiger partial charge on any atom is -0.371 e. The van der Waals surface area contributed by atoms with Crippen molar-refractivity contribution in [1.29, 1.82) is 0 Å². The Labute approximate surface area is 170 Å². The van der Waals surface area contributed by atoms with Crippen molar-refractivity contribution in [1.82, 2.24) is 5.32 Å². The standard InChI is InChI=1S/C21H26BrN3S/c1-15-4-3-13-25(14-15)20-11-5-17(6-12-20)16(2)23-21(26)24-19-9-7-18(22)8-10-19/h5-12,15-16H,3-4,13-14H2,1-2H3,(H2,23,24,26)/t15-,16+/m0/s1. The zero-order valence-electron chi connectivity index (χ0n) is 15.3. The predicted molar refractivity (Wildman–Crippen MR) is 119 cm³/mol. The number of thiocarbonyl (C=S) groups is 1. The van der Waals surface area contributed by atoms with Gasteiger partial charge in [-0.1, -0.05) is 35.0 Å². The summed E-state index contributed by atoms with van der Waals surface area (Å²) in [5, 5.41) is 7.22. The van der Waals surface area contributed by atoms with Gasteiger partial charge in [0, 0.05) is 28.9 Å². The van der Waals surface area contributed by atoms with Crippen LogP contribution in [0.4, 0.5) is 11.4 Å². The Balaban J connectivity index is 1.56. The van der Waals surface area contributed by atoms with E-state index in [1.807, 2.05) is 24.3 Å². The molecule has 0 aromatic heterocycles. The lowest BCUT2D eigenvalue weighted by Crippen LogP contribution is -2.34. The second-order valence-corrected chi connectivity index (χ2v) is 8.44. The first-order chi connectivity index (χ1) is 12.5. The maximum absolute atomic E-state index is 5.44.